The summed E-state index contributed by atoms with van der Waals surface area (Å²) in [6, 6.07) is 7.52. The second kappa shape index (κ2) is 7.97. The molecule has 0 saturated carbocycles. The molecule has 0 atom stereocenters. The van der Waals surface area contributed by atoms with Gasteiger partial charge in [-0.2, -0.15) is 12.6 Å². The quantitative estimate of drug-likeness (QED) is 0.569. The zero-order valence-corrected chi connectivity index (χ0v) is 10.7. The highest BCUT2D eigenvalue weighted by Crippen LogP contribution is 2.14. The smallest absolute Gasteiger partial charge is 0.258 e. The Labute approximate surface area is 107 Å². The molecule has 1 rings (SSSR count). The van der Waals surface area contributed by atoms with Crippen molar-refractivity contribution in [2.24, 2.45) is 0 Å². The molecular formula is C12H17NO3S. The first-order valence-corrected chi connectivity index (χ1v) is 5.97. The molecular weight excluding hydrogens is 238 g/mol. The summed E-state index contributed by atoms with van der Waals surface area (Å²) in [5.74, 6) is 1.17. The lowest BCUT2D eigenvalue weighted by atomic mass is 10.2. The molecule has 17 heavy (non-hydrogen) atoms. The van der Waals surface area contributed by atoms with Crippen LogP contribution in [0.4, 0.5) is 0 Å². The number of carbonyl (C=O) groups excluding carboxylic acids is 1. The van der Waals surface area contributed by atoms with E-state index in [4.69, 9.17) is 9.47 Å². The molecule has 0 heterocycles. The maximum atomic E-state index is 11.3. The predicted molar refractivity (Wildman–Crippen MR) is 69.5 cm³/mol. The molecule has 4 nitrogen and oxygen atoms in total. The molecule has 0 fully saturated rings. The number of carbonyl (C=O) groups is 1. The molecule has 1 aromatic carbocycles. The maximum Gasteiger partial charge on any atom is 0.258 e. The summed E-state index contributed by atoms with van der Waals surface area (Å²) in [7, 11) is 1.59. The van der Waals surface area contributed by atoms with E-state index in [1.807, 2.05) is 24.3 Å². The van der Waals surface area contributed by atoms with Crippen LogP contribution in [-0.2, 0) is 15.3 Å². The largest absolute Gasteiger partial charge is 0.484 e. The van der Waals surface area contributed by atoms with Crippen molar-refractivity contribution in [2.45, 2.75) is 5.75 Å². The van der Waals surface area contributed by atoms with Crippen molar-refractivity contribution in [1.29, 1.82) is 0 Å². The van der Waals surface area contributed by atoms with Gasteiger partial charge in [-0.1, -0.05) is 12.1 Å². The molecule has 1 aromatic rings. The number of nitrogens with one attached hydrogen (secondary N) is 1. The van der Waals surface area contributed by atoms with E-state index in [0.29, 0.717) is 24.7 Å². The summed E-state index contributed by atoms with van der Waals surface area (Å²) in [6.07, 6.45) is 0. The topological polar surface area (TPSA) is 47.6 Å². The average Bonchev–Trinajstić information content (AvgIpc) is 2.37. The van der Waals surface area contributed by atoms with Crippen molar-refractivity contribution in [2.75, 3.05) is 26.9 Å². The number of hydrogen-bond donors (Lipinski definition) is 2. The van der Waals surface area contributed by atoms with Crippen LogP contribution in [0.5, 0.6) is 5.75 Å². The fourth-order valence-electron chi connectivity index (χ4n) is 1.23. The fraction of sp³-hybridized carbons (Fsp3) is 0.417. The molecule has 0 spiro atoms. The van der Waals surface area contributed by atoms with Gasteiger partial charge in [-0.3, -0.25) is 4.79 Å². The van der Waals surface area contributed by atoms with E-state index >= 15 is 0 Å². The third kappa shape index (κ3) is 5.60. The van der Waals surface area contributed by atoms with Gasteiger partial charge in [0.1, 0.15) is 5.75 Å². The maximum absolute atomic E-state index is 11.3. The van der Waals surface area contributed by atoms with E-state index in [9.17, 15) is 4.79 Å². The van der Waals surface area contributed by atoms with E-state index in [2.05, 4.69) is 17.9 Å². The standard InChI is InChI=1S/C12H17NO3S/c1-15-6-5-13-12(14)8-16-11-4-2-3-10(7-11)9-17/h2-4,7,17H,5-6,8-9H2,1H3,(H,13,14). The van der Waals surface area contributed by atoms with Gasteiger partial charge >= 0.3 is 0 Å². The number of benzene rings is 1. The minimum absolute atomic E-state index is 0.0136. The van der Waals surface area contributed by atoms with Gasteiger partial charge in [-0.15, -0.1) is 0 Å². The molecule has 0 saturated heterocycles. The average molecular weight is 255 g/mol. The lowest BCUT2D eigenvalue weighted by Gasteiger charge is -2.07. The second-order valence-electron chi connectivity index (χ2n) is 3.44. The number of rotatable bonds is 7. The monoisotopic (exact) mass is 255 g/mol. The summed E-state index contributed by atoms with van der Waals surface area (Å²) in [5.41, 5.74) is 1.06. The molecule has 1 N–H and O–H groups in total. The number of hydrogen-bond acceptors (Lipinski definition) is 4. The zero-order chi connectivity index (χ0) is 12.5. The van der Waals surface area contributed by atoms with Gasteiger partial charge < -0.3 is 14.8 Å². The first-order chi connectivity index (χ1) is 8.26. The lowest BCUT2D eigenvalue weighted by Crippen LogP contribution is -2.31. The van der Waals surface area contributed by atoms with Gasteiger partial charge in [0.25, 0.3) is 5.91 Å². The molecule has 1 amide bonds. The van der Waals surface area contributed by atoms with E-state index < -0.39 is 0 Å². The number of methoxy groups -OCH3 is 1. The van der Waals surface area contributed by atoms with Crippen molar-refractivity contribution in [1.82, 2.24) is 5.32 Å². The Morgan fingerprint density at radius 3 is 3.00 bits per heavy atom. The number of thiol groups is 1. The summed E-state index contributed by atoms with van der Waals surface area (Å²) in [6.45, 7) is 1.01. The first kappa shape index (κ1) is 13.9. The van der Waals surface area contributed by atoms with Crippen LogP contribution in [0, 0.1) is 0 Å². The van der Waals surface area contributed by atoms with E-state index in [-0.39, 0.29) is 12.5 Å². The van der Waals surface area contributed by atoms with Crippen LogP contribution in [0.3, 0.4) is 0 Å². The van der Waals surface area contributed by atoms with Crippen LogP contribution in [0.25, 0.3) is 0 Å². The van der Waals surface area contributed by atoms with Gasteiger partial charge in [0.15, 0.2) is 6.61 Å². The Kier molecular flexibility index (Phi) is 6.50. The summed E-state index contributed by atoms with van der Waals surface area (Å²) < 4.78 is 10.2. The number of ether oxygens (including phenoxy) is 2. The molecule has 5 heteroatoms. The Morgan fingerprint density at radius 1 is 1.47 bits per heavy atom. The normalized spacial score (nSPS) is 10.0. The van der Waals surface area contributed by atoms with Gasteiger partial charge in [0.2, 0.25) is 0 Å². The third-order valence-electron chi connectivity index (χ3n) is 2.08. The molecule has 0 unspecified atom stereocenters. The Balaban J connectivity index is 2.31. The van der Waals surface area contributed by atoms with Gasteiger partial charge in [-0.05, 0) is 17.7 Å². The van der Waals surface area contributed by atoms with E-state index in [1.165, 1.54) is 0 Å². The molecule has 94 valence electrons. The summed E-state index contributed by atoms with van der Waals surface area (Å²) >= 11 is 4.17. The SMILES string of the molecule is COCCNC(=O)COc1cccc(CS)c1. The Hall–Kier alpha value is -1.20. The van der Waals surface area contributed by atoms with Crippen LogP contribution in [0.15, 0.2) is 24.3 Å². The van der Waals surface area contributed by atoms with Crippen molar-refractivity contribution >= 4 is 18.5 Å². The molecule has 0 aliphatic carbocycles. The van der Waals surface area contributed by atoms with Crippen LogP contribution < -0.4 is 10.1 Å². The van der Waals surface area contributed by atoms with Gasteiger partial charge in [-0.25, -0.2) is 0 Å². The van der Waals surface area contributed by atoms with Crippen molar-refractivity contribution in [3.63, 3.8) is 0 Å². The van der Waals surface area contributed by atoms with Crippen LogP contribution in [0.1, 0.15) is 5.56 Å². The van der Waals surface area contributed by atoms with Crippen molar-refractivity contribution in [3.05, 3.63) is 29.8 Å². The fourth-order valence-corrected chi connectivity index (χ4v) is 1.42. The summed E-state index contributed by atoms with van der Waals surface area (Å²) in [4.78, 5) is 11.3. The van der Waals surface area contributed by atoms with Gasteiger partial charge in [0, 0.05) is 19.4 Å². The molecule has 0 aliphatic heterocycles. The summed E-state index contributed by atoms with van der Waals surface area (Å²) in [5, 5.41) is 2.68. The van der Waals surface area contributed by atoms with Crippen molar-refractivity contribution in [3.8, 4) is 5.75 Å². The number of amides is 1. The lowest BCUT2D eigenvalue weighted by molar-refractivity contribution is -0.123. The Morgan fingerprint density at radius 2 is 2.29 bits per heavy atom. The minimum Gasteiger partial charge on any atom is -0.484 e. The van der Waals surface area contributed by atoms with E-state index in [0.717, 1.165) is 5.56 Å². The zero-order valence-electron chi connectivity index (χ0n) is 9.81. The van der Waals surface area contributed by atoms with Crippen molar-refractivity contribution < 1.29 is 14.3 Å². The highest BCUT2D eigenvalue weighted by molar-refractivity contribution is 7.79. The second-order valence-corrected chi connectivity index (χ2v) is 3.75. The van der Waals surface area contributed by atoms with Crippen LogP contribution >= 0.6 is 12.6 Å². The van der Waals surface area contributed by atoms with Gasteiger partial charge in [0.05, 0.1) is 6.61 Å². The molecule has 0 aliphatic rings. The minimum atomic E-state index is -0.154. The highest BCUT2D eigenvalue weighted by atomic mass is 32.1. The van der Waals surface area contributed by atoms with E-state index in [1.54, 1.807) is 7.11 Å². The molecule has 0 aromatic heterocycles. The Bertz CT molecular complexity index is 357. The van der Waals surface area contributed by atoms with Crippen LogP contribution in [0.2, 0.25) is 0 Å². The van der Waals surface area contributed by atoms with Crippen LogP contribution in [-0.4, -0.2) is 32.8 Å². The molecule has 0 bridgehead atoms. The molecule has 0 radical (unpaired) electrons. The predicted octanol–water partition coefficient (Wildman–Crippen LogP) is 1.26. The third-order valence-corrected chi connectivity index (χ3v) is 2.44. The first-order valence-electron chi connectivity index (χ1n) is 5.34. The highest BCUT2D eigenvalue weighted by Gasteiger charge is 2.02.